The molecule has 5 nitrogen and oxygen atoms in total. The molecule has 106 valence electrons. The van der Waals surface area contributed by atoms with E-state index in [0.717, 1.165) is 24.5 Å². The summed E-state index contributed by atoms with van der Waals surface area (Å²) < 4.78 is 2.12. The Bertz CT molecular complexity index is 654. The number of aromatic nitrogens is 3. The molecule has 0 radical (unpaired) electrons. The molecule has 0 unspecified atom stereocenters. The zero-order valence-electron chi connectivity index (χ0n) is 11.6. The molecule has 0 atom stereocenters. The van der Waals surface area contributed by atoms with Crippen LogP contribution in [0.4, 0.5) is 5.82 Å². The summed E-state index contributed by atoms with van der Waals surface area (Å²) in [5.74, 6) is 1.43. The van der Waals surface area contributed by atoms with Crippen molar-refractivity contribution in [1.29, 1.82) is 0 Å². The second-order valence-electron chi connectivity index (χ2n) is 4.53. The second-order valence-corrected chi connectivity index (χ2v) is 5.38. The third kappa shape index (κ3) is 3.66. The van der Waals surface area contributed by atoms with Gasteiger partial charge in [0.05, 0.1) is 11.0 Å². The summed E-state index contributed by atoms with van der Waals surface area (Å²) in [6, 6.07) is 5.45. The minimum Gasteiger partial charge on any atom is -0.370 e. The molecule has 2 aromatic rings. The van der Waals surface area contributed by atoms with E-state index in [1.807, 2.05) is 19.1 Å². The summed E-state index contributed by atoms with van der Waals surface area (Å²) in [5, 5.41) is 3.24. The van der Waals surface area contributed by atoms with E-state index in [4.69, 9.17) is 0 Å². The van der Waals surface area contributed by atoms with Crippen molar-refractivity contribution in [1.82, 2.24) is 14.5 Å². The van der Waals surface area contributed by atoms with E-state index in [0.29, 0.717) is 16.8 Å². The molecule has 0 aliphatic rings. The Morgan fingerprint density at radius 3 is 2.95 bits per heavy atom. The standard InChI is InChI=1S/C14H17BrN4O/c1-3-6-16-12-8-10(2)17-13(18-12)9-19-7-4-5-11(15)14(19)20/h4-5,7-8H,3,6,9H2,1-2H3,(H,16,17,18). The van der Waals surface area contributed by atoms with Crippen molar-refractivity contribution in [3.05, 3.63) is 50.7 Å². The Kier molecular flexibility index (Phi) is 4.89. The van der Waals surface area contributed by atoms with E-state index in [-0.39, 0.29) is 5.56 Å². The van der Waals surface area contributed by atoms with Gasteiger partial charge in [-0.15, -0.1) is 0 Å². The second kappa shape index (κ2) is 6.65. The molecule has 6 heteroatoms. The van der Waals surface area contributed by atoms with Crippen molar-refractivity contribution in [3.63, 3.8) is 0 Å². The first kappa shape index (κ1) is 14.7. The summed E-state index contributed by atoms with van der Waals surface area (Å²) in [6.07, 6.45) is 2.77. The van der Waals surface area contributed by atoms with E-state index in [2.05, 4.69) is 38.1 Å². The Labute approximate surface area is 126 Å². The minimum absolute atomic E-state index is 0.0827. The fourth-order valence-corrected chi connectivity index (χ4v) is 2.21. The molecule has 0 aliphatic carbocycles. The quantitative estimate of drug-likeness (QED) is 0.911. The molecule has 0 aliphatic heterocycles. The van der Waals surface area contributed by atoms with E-state index in [1.54, 1.807) is 16.8 Å². The first-order valence-electron chi connectivity index (χ1n) is 6.53. The number of nitrogens with zero attached hydrogens (tertiary/aromatic N) is 3. The number of hydrogen-bond donors (Lipinski definition) is 1. The van der Waals surface area contributed by atoms with Crippen molar-refractivity contribution >= 4 is 21.7 Å². The van der Waals surface area contributed by atoms with Gasteiger partial charge in [-0.3, -0.25) is 4.79 Å². The molecule has 0 bridgehead atoms. The number of anilines is 1. The Balaban J connectivity index is 2.26. The first-order valence-corrected chi connectivity index (χ1v) is 7.33. The van der Waals surface area contributed by atoms with E-state index in [9.17, 15) is 4.79 Å². The van der Waals surface area contributed by atoms with Crippen LogP contribution in [0.25, 0.3) is 0 Å². The van der Waals surface area contributed by atoms with Crippen LogP contribution < -0.4 is 10.9 Å². The lowest BCUT2D eigenvalue weighted by atomic mass is 10.4. The summed E-state index contributed by atoms with van der Waals surface area (Å²) in [5.41, 5.74) is 0.803. The molecule has 0 saturated heterocycles. The van der Waals surface area contributed by atoms with Gasteiger partial charge in [-0.2, -0.15) is 0 Å². The molecule has 0 spiro atoms. The van der Waals surface area contributed by atoms with E-state index >= 15 is 0 Å². The monoisotopic (exact) mass is 336 g/mol. The van der Waals surface area contributed by atoms with Crippen molar-refractivity contribution in [2.45, 2.75) is 26.8 Å². The third-order valence-corrected chi connectivity index (χ3v) is 3.35. The van der Waals surface area contributed by atoms with Crippen LogP contribution in [0.15, 0.2) is 33.7 Å². The molecule has 2 heterocycles. The lowest BCUT2D eigenvalue weighted by Gasteiger charge is -2.09. The van der Waals surface area contributed by atoms with Crippen LogP contribution in [0, 0.1) is 6.92 Å². The average molecular weight is 337 g/mol. The molecular formula is C14H17BrN4O. The zero-order chi connectivity index (χ0) is 14.5. The fourth-order valence-electron chi connectivity index (χ4n) is 1.83. The molecular weight excluding hydrogens is 320 g/mol. The lowest BCUT2D eigenvalue weighted by Crippen LogP contribution is -2.21. The summed E-state index contributed by atoms with van der Waals surface area (Å²) in [4.78, 5) is 20.8. The molecule has 1 N–H and O–H groups in total. The van der Waals surface area contributed by atoms with Gasteiger partial charge in [0.1, 0.15) is 5.82 Å². The van der Waals surface area contributed by atoms with Gasteiger partial charge in [0.25, 0.3) is 5.56 Å². The maximum absolute atomic E-state index is 12.0. The van der Waals surface area contributed by atoms with Crippen LogP contribution in [0.3, 0.4) is 0 Å². The first-order chi connectivity index (χ1) is 9.60. The largest absolute Gasteiger partial charge is 0.370 e. The third-order valence-electron chi connectivity index (χ3n) is 2.74. The number of rotatable bonds is 5. The normalized spacial score (nSPS) is 10.6. The SMILES string of the molecule is CCCNc1cc(C)nc(Cn2cccc(Br)c2=O)n1. The number of hydrogen-bond acceptors (Lipinski definition) is 4. The molecule has 0 fully saturated rings. The molecule has 2 rings (SSSR count). The molecule has 2 aromatic heterocycles. The van der Waals surface area contributed by atoms with E-state index in [1.165, 1.54) is 0 Å². The number of aryl methyl sites for hydroxylation is 1. The van der Waals surface area contributed by atoms with Crippen LogP contribution in [0.5, 0.6) is 0 Å². The van der Waals surface area contributed by atoms with Gasteiger partial charge in [0.2, 0.25) is 0 Å². The molecule has 0 aromatic carbocycles. The van der Waals surface area contributed by atoms with Crippen molar-refractivity contribution in [3.8, 4) is 0 Å². The summed E-state index contributed by atoms with van der Waals surface area (Å²) >= 11 is 3.24. The highest BCUT2D eigenvalue weighted by molar-refractivity contribution is 9.10. The van der Waals surface area contributed by atoms with Gasteiger partial charge in [0, 0.05) is 24.5 Å². The number of nitrogens with one attached hydrogen (secondary N) is 1. The summed E-state index contributed by atoms with van der Waals surface area (Å²) in [6.45, 7) is 5.25. The maximum Gasteiger partial charge on any atom is 0.265 e. The van der Waals surface area contributed by atoms with E-state index < -0.39 is 0 Å². The van der Waals surface area contributed by atoms with Gasteiger partial charge in [0.15, 0.2) is 5.82 Å². The minimum atomic E-state index is -0.0827. The van der Waals surface area contributed by atoms with Crippen LogP contribution in [0.2, 0.25) is 0 Å². The fraction of sp³-hybridized carbons (Fsp3) is 0.357. The maximum atomic E-state index is 12.0. The van der Waals surface area contributed by atoms with Crippen LogP contribution in [-0.2, 0) is 6.54 Å². The highest BCUT2D eigenvalue weighted by Crippen LogP contribution is 2.08. The topological polar surface area (TPSA) is 59.8 Å². The van der Waals surface area contributed by atoms with Gasteiger partial charge < -0.3 is 9.88 Å². The van der Waals surface area contributed by atoms with Gasteiger partial charge in [-0.25, -0.2) is 9.97 Å². The smallest absolute Gasteiger partial charge is 0.265 e. The highest BCUT2D eigenvalue weighted by Gasteiger charge is 2.05. The van der Waals surface area contributed by atoms with Crippen molar-refractivity contribution in [2.75, 3.05) is 11.9 Å². The Morgan fingerprint density at radius 2 is 2.20 bits per heavy atom. The molecule has 20 heavy (non-hydrogen) atoms. The van der Waals surface area contributed by atoms with Gasteiger partial charge >= 0.3 is 0 Å². The average Bonchev–Trinajstić information content (AvgIpc) is 2.41. The Morgan fingerprint density at radius 1 is 1.40 bits per heavy atom. The summed E-state index contributed by atoms with van der Waals surface area (Å²) in [7, 11) is 0. The molecule has 0 saturated carbocycles. The Hall–Kier alpha value is -1.69. The lowest BCUT2D eigenvalue weighted by molar-refractivity contribution is 0.708. The highest BCUT2D eigenvalue weighted by atomic mass is 79.9. The van der Waals surface area contributed by atoms with Crippen LogP contribution in [-0.4, -0.2) is 21.1 Å². The predicted molar refractivity (Wildman–Crippen MR) is 83.1 cm³/mol. The van der Waals surface area contributed by atoms with Crippen molar-refractivity contribution < 1.29 is 0 Å². The zero-order valence-corrected chi connectivity index (χ0v) is 13.1. The van der Waals surface area contributed by atoms with Gasteiger partial charge in [-0.05, 0) is 41.4 Å². The number of halogens is 1. The molecule has 0 amide bonds. The van der Waals surface area contributed by atoms with Crippen LogP contribution >= 0.6 is 15.9 Å². The number of pyridine rings is 1. The van der Waals surface area contributed by atoms with Crippen LogP contribution in [0.1, 0.15) is 24.9 Å². The predicted octanol–water partition coefficient (Wildman–Crippen LogP) is 2.58. The van der Waals surface area contributed by atoms with Gasteiger partial charge in [-0.1, -0.05) is 6.92 Å². The van der Waals surface area contributed by atoms with Crippen molar-refractivity contribution in [2.24, 2.45) is 0 Å².